The lowest BCUT2D eigenvalue weighted by atomic mass is 10.0. The molecule has 2 aromatic rings. The number of anilines is 2. The summed E-state index contributed by atoms with van der Waals surface area (Å²) in [5, 5.41) is 0. The van der Waals surface area contributed by atoms with Gasteiger partial charge in [-0.3, -0.25) is 9.59 Å². The van der Waals surface area contributed by atoms with Gasteiger partial charge in [0, 0.05) is 45.0 Å². The maximum Gasteiger partial charge on any atom is 0.338 e. The van der Waals surface area contributed by atoms with Gasteiger partial charge in [-0.1, -0.05) is 15.9 Å². The summed E-state index contributed by atoms with van der Waals surface area (Å²) in [4.78, 5) is 40.0. The molecule has 2 aliphatic rings. The van der Waals surface area contributed by atoms with E-state index in [1.54, 1.807) is 52.9 Å². The molecule has 2 amide bonds. The molecule has 0 fully saturated rings. The first kappa shape index (κ1) is 36.2. The number of ether oxygens (including phenoxy) is 5. The van der Waals surface area contributed by atoms with Crippen molar-refractivity contribution in [3.63, 3.8) is 0 Å². The highest BCUT2D eigenvalue weighted by atomic mass is 79.9. The third kappa shape index (κ3) is 8.50. The number of unbranched alkanes of at least 4 members (excludes halogenated alkanes) is 2. The van der Waals surface area contributed by atoms with Gasteiger partial charge in [0.1, 0.15) is 0 Å². The molecule has 13 heteroatoms. The van der Waals surface area contributed by atoms with E-state index in [1.165, 1.54) is 24.1 Å². The summed E-state index contributed by atoms with van der Waals surface area (Å²) in [6.45, 7) is 8.60. The van der Waals surface area contributed by atoms with Gasteiger partial charge in [-0.2, -0.15) is 0 Å². The van der Waals surface area contributed by atoms with Crippen LogP contribution in [0.1, 0.15) is 63.7 Å². The predicted octanol–water partition coefficient (Wildman–Crippen LogP) is 6.06. The molecular weight excluding hydrogens is 658 g/mol. The van der Waals surface area contributed by atoms with Crippen molar-refractivity contribution in [1.82, 2.24) is 0 Å². The Kier molecular flexibility index (Phi) is 12.3. The lowest BCUT2D eigenvalue weighted by Crippen LogP contribution is -2.53. The Morgan fingerprint density at radius 2 is 1.20 bits per heavy atom. The minimum absolute atomic E-state index is 0.0287. The highest BCUT2D eigenvalue weighted by Crippen LogP contribution is 2.42. The van der Waals surface area contributed by atoms with Gasteiger partial charge in [0.25, 0.3) is 11.8 Å². The smallest absolute Gasteiger partial charge is 0.338 e. The summed E-state index contributed by atoms with van der Waals surface area (Å²) in [6, 6.07) is 5.53. The second-order valence-electron chi connectivity index (χ2n) is 11.6. The number of carbonyl (C=O) groups is 3. The van der Waals surface area contributed by atoms with Crippen LogP contribution in [0.15, 0.2) is 28.7 Å². The number of fused-ring (bicyclic) bond motifs is 2. The fourth-order valence-electron chi connectivity index (χ4n) is 4.91. The predicted molar refractivity (Wildman–Crippen MR) is 168 cm³/mol. The van der Waals surface area contributed by atoms with Crippen molar-refractivity contribution in [3.8, 4) is 11.5 Å². The number of nitrogens with zero attached hydrogens (tertiary/aromatic N) is 2. The summed E-state index contributed by atoms with van der Waals surface area (Å²) in [5.74, 6) is -2.18. The monoisotopic (exact) mass is 698 g/mol. The number of esters is 1. The number of benzene rings is 2. The van der Waals surface area contributed by atoms with Gasteiger partial charge in [-0.05, 0) is 77.6 Å². The van der Waals surface area contributed by atoms with Crippen molar-refractivity contribution in [2.75, 3.05) is 57.4 Å². The summed E-state index contributed by atoms with van der Waals surface area (Å²) < 4.78 is 54.9. The van der Waals surface area contributed by atoms with Crippen LogP contribution in [-0.2, 0) is 23.8 Å². The number of hydrogen-bond donors (Lipinski definition) is 0. The third-order valence-electron chi connectivity index (χ3n) is 7.21. The van der Waals surface area contributed by atoms with Crippen molar-refractivity contribution < 1.29 is 46.8 Å². The van der Waals surface area contributed by atoms with Gasteiger partial charge in [0.2, 0.25) is 0 Å². The van der Waals surface area contributed by atoms with Crippen LogP contribution < -0.4 is 19.3 Å². The van der Waals surface area contributed by atoms with E-state index >= 15 is 0 Å². The van der Waals surface area contributed by atoms with E-state index in [0.717, 1.165) is 25.3 Å². The van der Waals surface area contributed by atoms with Crippen LogP contribution in [0.4, 0.5) is 20.2 Å². The maximum atomic E-state index is 14.4. The van der Waals surface area contributed by atoms with Crippen molar-refractivity contribution >= 4 is 45.1 Å². The van der Waals surface area contributed by atoms with Crippen LogP contribution >= 0.6 is 15.9 Å². The minimum atomic E-state index is -1.18. The molecule has 0 unspecified atom stereocenters. The van der Waals surface area contributed by atoms with Crippen molar-refractivity contribution in [2.45, 2.75) is 64.6 Å². The summed E-state index contributed by atoms with van der Waals surface area (Å²) >= 11 is 3.26. The van der Waals surface area contributed by atoms with Gasteiger partial charge in [0.05, 0.1) is 24.0 Å². The van der Waals surface area contributed by atoms with Crippen LogP contribution in [0.5, 0.6) is 11.5 Å². The van der Waals surface area contributed by atoms with E-state index in [-0.39, 0.29) is 34.6 Å². The van der Waals surface area contributed by atoms with E-state index in [0.29, 0.717) is 42.9 Å². The molecule has 0 N–H and O–H groups in total. The average Bonchev–Trinajstić information content (AvgIpc) is 2.98. The van der Waals surface area contributed by atoms with Crippen LogP contribution in [-0.4, -0.2) is 76.6 Å². The number of hydrogen-bond acceptors (Lipinski definition) is 8. The molecule has 0 saturated heterocycles. The molecule has 2 aromatic carbocycles. The average molecular weight is 700 g/mol. The van der Waals surface area contributed by atoms with E-state index < -0.39 is 28.8 Å². The molecule has 0 spiro atoms. The van der Waals surface area contributed by atoms with Crippen molar-refractivity contribution in [2.24, 2.45) is 0 Å². The highest BCUT2D eigenvalue weighted by Gasteiger charge is 2.43. The Hall–Kier alpha value is -3.29. The fraction of sp³-hybridized carbons (Fsp3) is 0.531. The Labute approximate surface area is 271 Å². The normalized spacial score (nSPS) is 16.1. The van der Waals surface area contributed by atoms with E-state index in [4.69, 9.17) is 18.9 Å². The third-order valence-corrected chi connectivity index (χ3v) is 7.67. The van der Waals surface area contributed by atoms with Gasteiger partial charge in [0.15, 0.2) is 34.3 Å². The molecule has 0 aromatic heterocycles. The SMILES string of the molecule is COCCCCN1C(=O)C(C)(C)Oc2c(F)cc(Br)cc21.COCCCCN1C(=O)C(C)(C)Oc2c(F)cc(C(=O)OC)cc21. The molecule has 2 heterocycles. The van der Waals surface area contributed by atoms with Crippen LogP contribution in [0.2, 0.25) is 0 Å². The Morgan fingerprint density at radius 3 is 1.64 bits per heavy atom. The Balaban J connectivity index is 0.000000248. The lowest BCUT2D eigenvalue weighted by Gasteiger charge is -2.39. The highest BCUT2D eigenvalue weighted by molar-refractivity contribution is 9.10. The van der Waals surface area contributed by atoms with E-state index in [1.807, 2.05) is 0 Å². The molecule has 45 heavy (non-hydrogen) atoms. The van der Waals surface area contributed by atoms with Gasteiger partial charge in [-0.15, -0.1) is 0 Å². The van der Waals surface area contributed by atoms with E-state index in [9.17, 15) is 23.2 Å². The zero-order valence-electron chi connectivity index (χ0n) is 26.8. The minimum Gasteiger partial charge on any atom is -0.473 e. The lowest BCUT2D eigenvalue weighted by molar-refractivity contribution is -0.133. The molecule has 0 saturated carbocycles. The zero-order valence-corrected chi connectivity index (χ0v) is 28.3. The number of amides is 2. The largest absolute Gasteiger partial charge is 0.473 e. The second kappa shape index (κ2) is 15.3. The first-order chi connectivity index (χ1) is 21.2. The molecule has 10 nitrogen and oxygen atoms in total. The Bertz CT molecular complexity index is 1400. The van der Waals surface area contributed by atoms with Crippen LogP contribution in [0.3, 0.4) is 0 Å². The van der Waals surface area contributed by atoms with Crippen LogP contribution in [0, 0.1) is 11.6 Å². The van der Waals surface area contributed by atoms with Crippen molar-refractivity contribution in [1.29, 1.82) is 0 Å². The van der Waals surface area contributed by atoms with Gasteiger partial charge < -0.3 is 33.5 Å². The summed E-state index contributed by atoms with van der Waals surface area (Å²) in [7, 11) is 4.47. The number of methoxy groups -OCH3 is 3. The van der Waals surface area contributed by atoms with Crippen LogP contribution in [0.25, 0.3) is 0 Å². The zero-order chi connectivity index (χ0) is 33.5. The maximum absolute atomic E-state index is 14.4. The molecule has 2 aliphatic heterocycles. The standard InChI is InChI=1S/C17H22FNO5.C15H19BrFNO3/c1-17(2)16(21)19(7-5-6-8-22-3)13-10-11(15(20)23-4)9-12(18)14(13)24-17;1-15(2)14(19)18(6-4-5-7-20-3)12-9-10(16)8-11(17)13(12)21-15/h9-10H,5-8H2,1-4H3;8-9H,4-7H2,1-3H3. The number of halogens is 3. The molecular formula is C32H41BrF2N2O8. The van der Waals surface area contributed by atoms with E-state index in [2.05, 4.69) is 20.7 Å². The molecule has 0 bridgehead atoms. The topological polar surface area (TPSA) is 104 Å². The Morgan fingerprint density at radius 1 is 0.756 bits per heavy atom. The molecule has 0 radical (unpaired) electrons. The fourth-order valence-corrected chi connectivity index (χ4v) is 5.33. The quantitative estimate of drug-likeness (QED) is 0.206. The second-order valence-corrected chi connectivity index (χ2v) is 12.5. The molecule has 0 atom stereocenters. The molecule has 4 rings (SSSR count). The molecule has 248 valence electrons. The van der Waals surface area contributed by atoms with Gasteiger partial charge in [-0.25, -0.2) is 13.6 Å². The first-order valence-corrected chi connectivity index (χ1v) is 15.4. The van der Waals surface area contributed by atoms with Gasteiger partial charge >= 0.3 is 5.97 Å². The number of carbonyl (C=O) groups excluding carboxylic acids is 3. The number of rotatable bonds is 11. The summed E-state index contributed by atoms with van der Waals surface area (Å²) in [6.07, 6.45) is 3.06. The van der Waals surface area contributed by atoms with Crippen molar-refractivity contribution in [3.05, 3.63) is 45.9 Å². The summed E-state index contributed by atoms with van der Waals surface area (Å²) in [5.41, 5.74) is -1.49. The molecule has 0 aliphatic carbocycles. The first-order valence-electron chi connectivity index (χ1n) is 14.6.